The molecule has 1 heterocycles. The molecule has 96 valence electrons. The lowest BCUT2D eigenvalue weighted by atomic mass is 10.1. The fourth-order valence-corrected chi connectivity index (χ4v) is 1.77. The van der Waals surface area contributed by atoms with E-state index in [0.717, 1.165) is 23.2 Å². The third kappa shape index (κ3) is 3.25. The van der Waals surface area contributed by atoms with E-state index in [9.17, 15) is 9.59 Å². The molecule has 1 N–H and O–H groups in total. The summed E-state index contributed by atoms with van der Waals surface area (Å²) in [6, 6.07) is 12.2. The average Bonchev–Trinajstić information content (AvgIpc) is 2.45. The summed E-state index contributed by atoms with van der Waals surface area (Å²) in [6.07, 6.45) is 1.94. The molecule has 0 spiro atoms. The summed E-state index contributed by atoms with van der Waals surface area (Å²) in [4.78, 5) is 25.6. The first-order valence-electron chi connectivity index (χ1n) is 5.94. The largest absolute Gasteiger partial charge is 0.478 e. The van der Waals surface area contributed by atoms with Gasteiger partial charge in [0, 0.05) is 17.7 Å². The highest BCUT2D eigenvalue weighted by Crippen LogP contribution is 2.18. The second-order valence-electron chi connectivity index (χ2n) is 4.10. The number of carboxylic acid groups (broad SMARTS) is 1. The van der Waals surface area contributed by atoms with E-state index in [1.54, 1.807) is 24.3 Å². The Morgan fingerprint density at radius 1 is 1.16 bits per heavy atom. The van der Waals surface area contributed by atoms with Crippen LogP contribution in [0.5, 0.6) is 0 Å². The minimum absolute atomic E-state index is 0.251. The number of carbonyl (C=O) groups excluding carboxylic acids is 1. The minimum Gasteiger partial charge on any atom is -0.478 e. The third-order valence-corrected chi connectivity index (χ3v) is 2.75. The SMILES string of the molecule is O=CCCc1cccc(-c2ccc(C(=O)O)cc2)n1. The molecule has 0 aliphatic heterocycles. The van der Waals surface area contributed by atoms with E-state index in [1.165, 1.54) is 0 Å². The van der Waals surface area contributed by atoms with E-state index in [0.29, 0.717) is 12.8 Å². The molecule has 0 saturated carbocycles. The molecule has 0 atom stereocenters. The number of nitrogens with zero attached hydrogens (tertiary/aromatic N) is 1. The van der Waals surface area contributed by atoms with Gasteiger partial charge >= 0.3 is 5.97 Å². The molecule has 4 heteroatoms. The maximum atomic E-state index is 10.8. The Balaban J connectivity index is 2.25. The first-order valence-corrected chi connectivity index (χ1v) is 5.94. The van der Waals surface area contributed by atoms with Gasteiger partial charge in [0.05, 0.1) is 11.3 Å². The highest BCUT2D eigenvalue weighted by atomic mass is 16.4. The van der Waals surface area contributed by atoms with Crippen molar-refractivity contribution in [2.45, 2.75) is 12.8 Å². The van der Waals surface area contributed by atoms with Crippen LogP contribution in [0.3, 0.4) is 0 Å². The summed E-state index contributed by atoms with van der Waals surface area (Å²) in [5.74, 6) is -0.945. The van der Waals surface area contributed by atoms with Crippen LogP contribution in [0.4, 0.5) is 0 Å². The molecule has 0 unspecified atom stereocenters. The van der Waals surface area contributed by atoms with Gasteiger partial charge in [-0.15, -0.1) is 0 Å². The van der Waals surface area contributed by atoms with Gasteiger partial charge in [0.25, 0.3) is 0 Å². The zero-order chi connectivity index (χ0) is 13.7. The van der Waals surface area contributed by atoms with Crippen molar-refractivity contribution in [3.8, 4) is 11.3 Å². The van der Waals surface area contributed by atoms with Gasteiger partial charge in [-0.25, -0.2) is 4.79 Å². The highest BCUT2D eigenvalue weighted by Gasteiger charge is 2.04. The van der Waals surface area contributed by atoms with Gasteiger partial charge in [0.1, 0.15) is 6.29 Å². The summed E-state index contributed by atoms with van der Waals surface area (Å²) in [7, 11) is 0. The van der Waals surface area contributed by atoms with Crippen LogP contribution in [0.25, 0.3) is 11.3 Å². The molecule has 2 rings (SSSR count). The molecule has 0 radical (unpaired) electrons. The molecule has 2 aromatic rings. The average molecular weight is 255 g/mol. The molecule has 0 fully saturated rings. The monoisotopic (exact) mass is 255 g/mol. The smallest absolute Gasteiger partial charge is 0.335 e. The second kappa shape index (κ2) is 5.91. The van der Waals surface area contributed by atoms with Crippen LogP contribution in [-0.4, -0.2) is 22.3 Å². The Bertz CT molecular complexity index is 591. The summed E-state index contributed by atoms with van der Waals surface area (Å²) in [5, 5.41) is 8.84. The van der Waals surface area contributed by atoms with Gasteiger partial charge in [0.15, 0.2) is 0 Å². The van der Waals surface area contributed by atoms with Crippen LogP contribution >= 0.6 is 0 Å². The number of aromatic carboxylic acids is 1. The van der Waals surface area contributed by atoms with Crippen LogP contribution < -0.4 is 0 Å². The maximum Gasteiger partial charge on any atom is 0.335 e. The van der Waals surface area contributed by atoms with Crippen molar-refractivity contribution < 1.29 is 14.7 Å². The van der Waals surface area contributed by atoms with Crippen LogP contribution in [0, 0.1) is 0 Å². The Labute approximate surface area is 110 Å². The number of hydrogen-bond acceptors (Lipinski definition) is 3. The Kier molecular flexibility index (Phi) is 4.03. The van der Waals surface area contributed by atoms with E-state index in [4.69, 9.17) is 5.11 Å². The zero-order valence-electron chi connectivity index (χ0n) is 10.2. The van der Waals surface area contributed by atoms with Crippen LogP contribution in [0.2, 0.25) is 0 Å². The van der Waals surface area contributed by atoms with Crippen molar-refractivity contribution in [2.75, 3.05) is 0 Å². The molecule has 0 saturated heterocycles. The lowest BCUT2D eigenvalue weighted by Gasteiger charge is -2.04. The number of benzene rings is 1. The minimum atomic E-state index is -0.945. The molecule has 1 aromatic carbocycles. The molecule has 19 heavy (non-hydrogen) atoms. The fraction of sp³-hybridized carbons (Fsp3) is 0.133. The summed E-state index contributed by atoms with van der Waals surface area (Å²) in [6.45, 7) is 0. The third-order valence-electron chi connectivity index (χ3n) is 2.75. The van der Waals surface area contributed by atoms with Gasteiger partial charge in [-0.05, 0) is 30.7 Å². The van der Waals surface area contributed by atoms with Crippen molar-refractivity contribution in [2.24, 2.45) is 0 Å². The van der Waals surface area contributed by atoms with E-state index in [-0.39, 0.29) is 5.56 Å². The summed E-state index contributed by atoms with van der Waals surface area (Å²) < 4.78 is 0. The Hall–Kier alpha value is -2.49. The number of carboxylic acids is 1. The quantitative estimate of drug-likeness (QED) is 0.834. The molecular weight excluding hydrogens is 242 g/mol. The first kappa shape index (κ1) is 13.0. The maximum absolute atomic E-state index is 10.8. The highest BCUT2D eigenvalue weighted by molar-refractivity contribution is 5.88. The van der Waals surface area contributed by atoms with E-state index < -0.39 is 5.97 Å². The normalized spacial score (nSPS) is 10.1. The number of hydrogen-bond donors (Lipinski definition) is 1. The number of aldehydes is 1. The Morgan fingerprint density at radius 3 is 2.53 bits per heavy atom. The predicted molar refractivity (Wildman–Crippen MR) is 71.0 cm³/mol. The van der Waals surface area contributed by atoms with E-state index >= 15 is 0 Å². The molecule has 4 nitrogen and oxygen atoms in total. The van der Waals surface area contributed by atoms with Crippen molar-refractivity contribution in [3.05, 3.63) is 53.7 Å². The van der Waals surface area contributed by atoms with Crippen LogP contribution in [-0.2, 0) is 11.2 Å². The van der Waals surface area contributed by atoms with Gasteiger partial charge in [-0.1, -0.05) is 18.2 Å². The number of aryl methyl sites for hydroxylation is 1. The molecule has 0 aliphatic rings. The van der Waals surface area contributed by atoms with Crippen LogP contribution in [0.15, 0.2) is 42.5 Å². The number of pyridine rings is 1. The van der Waals surface area contributed by atoms with Gasteiger partial charge in [-0.3, -0.25) is 4.98 Å². The number of rotatable bonds is 5. The molecule has 0 amide bonds. The van der Waals surface area contributed by atoms with Crippen molar-refractivity contribution in [3.63, 3.8) is 0 Å². The number of carbonyl (C=O) groups is 2. The molecule has 1 aromatic heterocycles. The van der Waals surface area contributed by atoms with E-state index in [1.807, 2.05) is 18.2 Å². The molecular formula is C15H13NO3. The van der Waals surface area contributed by atoms with Gasteiger partial charge < -0.3 is 9.90 Å². The molecule has 0 aliphatic carbocycles. The summed E-state index contributed by atoms with van der Waals surface area (Å²) >= 11 is 0. The topological polar surface area (TPSA) is 67.3 Å². The van der Waals surface area contributed by atoms with Crippen molar-refractivity contribution in [1.82, 2.24) is 4.98 Å². The van der Waals surface area contributed by atoms with Gasteiger partial charge in [0.2, 0.25) is 0 Å². The first-order chi connectivity index (χ1) is 9.20. The summed E-state index contributed by atoms with van der Waals surface area (Å²) in [5.41, 5.74) is 2.74. The van der Waals surface area contributed by atoms with Crippen molar-refractivity contribution >= 4 is 12.3 Å². The zero-order valence-corrected chi connectivity index (χ0v) is 10.2. The van der Waals surface area contributed by atoms with E-state index in [2.05, 4.69) is 4.98 Å². The lowest BCUT2D eigenvalue weighted by molar-refractivity contribution is -0.107. The van der Waals surface area contributed by atoms with Crippen molar-refractivity contribution in [1.29, 1.82) is 0 Å². The Morgan fingerprint density at radius 2 is 1.89 bits per heavy atom. The van der Waals surface area contributed by atoms with Crippen LogP contribution in [0.1, 0.15) is 22.5 Å². The fourth-order valence-electron chi connectivity index (χ4n) is 1.77. The standard InChI is InChI=1S/C15H13NO3/c17-10-2-4-13-3-1-5-14(16-13)11-6-8-12(9-7-11)15(18)19/h1,3,5-10H,2,4H2,(H,18,19). The number of aromatic nitrogens is 1. The second-order valence-corrected chi connectivity index (χ2v) is 4.10. The lowest BCUT2D eigenvalue weighted by Crippen LogP contribution is -1.96. The molecule has 0 bridgehead atoms. The predicted octanol–water partition coefficient (Wildman–Crippen LogP) is 2.58. The van der Waals surface area contributed by atoms with Gasteiger partial charge in [-0.2, -0.15) is 0 Å².